The highest BCUT2D eigenvalue weighted by Crippen LogP contribution is 2.33. The molecule has 3 aromatic rings. The van der Waals surface area contributed by atoms with Crippen molar-refractivity contribution in [3.63, 3.8) is 0 Å². The van der Waals surface area contributed by atoms with Crippen molar-refractivity contribution >= 4 is 27.5 Å². The van der Waals surface area contributed by atoms with Crippen LogP contribution in [0.4, 0.5) is 5.69 Å². The van der Waals surface area contributed by atoms with Crippen LogP contribution in [0.3, 0.4) is 0 Å². The van der Waals surface area contributed by atoms with Crippen molar-refractivity contribution in [2.45, 2.75) is 45.2 Å². The molecular formula is C31H39N3O6S. The second kappa shape index (κ2) is 14.0. The summed E-state index contributed by atoms with van der Waals surface area (Å²) in [6.07, 6.45) is 0. The van der Waals surface area contributed by atoms with Crippen LogP contribution in [0.2, 0.25) is 0 Å². The van der Waals surface area contributed by atoms with E-state index >= 15 is 0 Å². The Bertz CT molecular complexity index is 1420. The molecule has 0 aliphatic heterocycles. The molecule has 0 aliphatic carbocycles. The Hall–Kier alpha value is -4.05. The van der Waals surface area contributed by atoms with Crippen molar-refractivity contribution in [3.8, 4) is 11.5 Å². The number of amides is 2. The maximum atomic E-state index is 14.0. The zero-order chi connectivity index (χ0) is 30.2. The normalized spacial score (nSPS) is 12.0. The molecule has 0 radical (unpaired) electrons. The molecule has 9 nitrogen and oxygen atoms in total. The van der Waals surface area contributed by atoms with Crippen LogP contribution < -0.4 is 19.1 Å². The lowest BCUT2D eigenvalue weighted by molar-refractivity contribution is -0.139. The van der Waals surface area contributed by atoms with Gasteiger partial charge in [0.2, 0.25) is 11.8 Å². The standard InChI is InChI=1S/C31H39N3O6S/c1-22(2)19-32-31(36)24(4)33(20-25-13-11-23(3)12-14-25)30(35)21-34(28-9-7-8-10-29(28)40-6)41(37,38)27-17-15-26(39-5)16-18-27/h7-18,22,24H,19-21H2,1-6H3,(H,32,36)/t24-/m1/s1. The molecule has 220 valence electrons. The summed E-state index contributed by atoms with van der Waals surface area (Å²) in [5.41, 5.74) is 2.07. The maximum absolute atomic E-state index is 14.0. The van der Waals surface area contributed by atoms with Crippen LogP contribution in [0, 0.1) is 12.8 Å². The first-order chi connectivity index (χ1) is 19.5. The Kier molecular flexibility index (Phi) is 10.8. The van der Waals surface area contributed by atoms with Crippen LogP contribution in [0.25, 0.3) is 0 Å². The summed E-state index contributed by atoms with van der Waals surface area (Å²) in [6.45, 7) is 7.59. The number of nitrogens with zero attached hydrogens (tertiary/aromatic N) is 2. The van der Waals surface area contributed by atoms with Gasteiger partial charge in [0.1, 0.15) is 24.1 Å². The number of nitrogens with one attached hydrogen (secondary N) is 1. The van der Waals surface area contributed by atoms with Gasteiger partial charge in [0.15, 0.2) is 0 Å². The van der Waals surface area contributed by atoms with Crippen LogP contribution in [0.1, 0.15) is 31.9 Å². The predicted molar refractivity (Wildman–Crippen MR) is 160 cm³/mol. The largest absolute Gasteiger partial charge is 0.497 e. The van der Waals surface area contributed by atoms with Gasteiger partial charge < -0.3 is 19.7 Å². The Morgan fingerprint density at radius 2 is 1.51 bits per heavy atom. The third kappa shape index (κ3) is 8.00. The molecule has 3 aromatic carbocycles. The fourth-order valence-corrected chi connectivity index (χ4v) is 5.57. The van der Waals surface area contributed by atoms with Gasteiger partial charge in [-0.25, -0.2) is 8.42 Å². The molecule has 41 heavy (non-hydrogen) atoms. The molecule has 10 heteroatoms. The first kappa shape index (κ1) is 31.5. The summed E-state index contributed by atoms with van der Waals surface area (Å²) in [6, 6.07) is 19.3. The highest BCUT2D eigenvalue weighted by molar-refractivity contribution is 7.92. The summed E-state index contributed by atoms with van der Waals surface area (Å²) in [5.74, 6) is 0.143. The molecule has 0 unspecified atom stereocenters. The van der Waals surface area contributed by atoms with Crippen LogP contribution in [0.15, 0.2) is 77.7 Å². The fraction of sp³-hybridized carbons (Fsp3) is 0.355. The van der Waals surface area contributed by atoms with Gasteiger partial charge in [-0.05, 0) is 61.7 Å². The average Bonchev–Trinajstić information content (AvgIpc) is 2.97. The van der Waals surface area contributed by atoms with Crippen LogP contribution >= 0.6 is 0 Å². The lowest BCUT2D eigenvalue weighted by atomic mass is 10.1. The van der Waals surface area contributed by atoms with Crippen molar-refractivity contribution in [2.75, 3.05) is 31.6 Å². The van der Waals surface area contributed by atoms with Gasteiger partial charge in [-0.2, -0.15) is 0 Å². The number of hydrogen-bond acceptors (Lipinski definition) is 6. The highest BCUT2D eigenvalue weighted by atomic mass is 32.2. The van der Waals surface area contributed by atoms with Gasteiger partial charge in [0, 0.05) is 13.1 Å². The van der Waals surface area contributed by atoms with Crippen LogP contribution in [-0.2, 0) is 26.2 Å². The minimum absolute atomic E-state index is 0.0233. The number of aryl methyl sites for hydroxylation is 1. The number of hydrogen-bond donors (Lipinski definition) is 1. The number of rotatable bonds is 13. The predicted octanol–water partition coefficient (Wildman–Crippen LogP) is 4.40. The molecule has 0 spiro atoms. The number of carbonyl (C=O) groups excluding carboxylic acids is 2. The van der Waals surface area contributed by atoms with Gasteiger partial charge in [-0.3, -0.25) is 13.9 Å². The number of carbonyl (C=O) groups is 2. The molecule has 0 saturated carbocycles. The minimum Gasteiger partial charge on any atom is -0.497 e. The molecular weight excluding hydrogens is 542 g/mol. The summed E-state index contributed by atoms with van der Waals surface area (Å²) in [4.78, 5) is 28.5. The molecule has 0 saturated heterocycles. The van der Waals surface area contributed by atoms with Crippen molar-refractivity contribution in [1.82, 2.24) is 10.2 Å². The van der Waals surface area contributed by atoms with E-state index in [0.29, 0.717) is 12.3 Å². The van der Waals surface area contributed by atoms with E-state index in [1.165, 1.54) is 31.3 Å². The van der Waals surface area contributed by atoms with Crippen molar-refractivity contribution in [2.24, 2.45) is 5.92 Å². The van der Waals surface area contributed by atoms with Gasteiger partial charge in [-0.15, -0.1) is 0 Å². The highest BCUT2D eigenvalue weighted by Gasteiger charge is 2.33. The van der Waals surface area contributed by atoms with Gasteiger partial charge >= 0.3 is 0 Å². The topological polar surface area (TPSA) is 105 Å². The van der Waals surface area contributed by atoms with Crippen LogP contribution in [0.5, 0.6) is 11.5 Å². The lowest BCUT2D eigenvalue weighted by Crippen LogP contribution is -2.51. The number of sulfonamides is 1. The molecule has 0 aromatic heterocycles. The lowest BCUT2D eigenvalue weighted by Gasteiger charge is -2.32. The first-order valence-corrected chi connectivity index (χ1v) is 14.8. The zero-order valence-electron chi connectivity index (χ0n) is 24.5. The van der Waals surface area contributed by atoms with E-state index in [2.05, 4.69) is 5.32 Å². The second-order valence-corrected chi connectivity index (χ2v) is 12.0. The summed E-state index contributed by atoms with van der Waals surface area (Å²) < 4.78 is 39.7. The summed E-state index contributed by atoms with van der Waals surface area (Å²) in [5, 5.41) is 2.89. The summed E-state index contributed by atoms with van der Waals surface area (Å²) in [7, 11) is -1.31. The second-order valence-electron chi connectivity index (χ2n) is 10.2. The van der Waals surface area contributed by atoms with Crippen molar-refractivity contribution < 1.29 is 27.5 Å². The van der Waals surface area contributed by atoms with E-state index in [1.54, 1.807) is 43.3 Å². The van der Waals surface area contributed by atoms with Crippen molar-refractivity contribution in [3.05, 3.63) is 83.9 Å². The quantitative estimate of drug-likeness (QED) is 0.321. The number of ether oxygens (including phenoxy) is 2. The smallest absolute Gasteiger partial charge is 0.264 e. The Morgan fingerprint density at radius 1 is 0.878 bits per heavy atom. The van der Waals surface area contributed by atoms with E-state index in [4.69, 9.17) is 9.47 Å². The number of benzene rings is 3. The Balaban J connectivity index is 2.05. The van der Waals surface area contributed by atoms with Gasteiger partial charge in [0.05, 0.1) is 24.8 Å². The molecule has 1 N–H and O–H groups in total. The zero-order valence-corrected chi connectivity index (χ0v) is 25.3. The van der Waals surface area contributed by atoms with Crippen molar-refractivity contribution in [1.29, 1.82) is 0 Å². The molecule has 3 rings (SSSR count). The van der Waals surface area contributed by atoms with E-state index in [0.717, 1.165) is 15.4 Å². The fourth-order valence-electron chi connectivity index (χ4n) is 4.15. The Labute approximate surface area is 243 Å². The summed E-state index contributed by atoms with van der Waals surface area (Å²) >= 11 is 0. The molecule has 0 heterocycles. The SMILES string of the molecule is COc1ccc(S(=O)(=O)N(CC(=O)N(Cc2ccc(C)cc2)[C@H](C)C(=O)NCC(C)C)c2ccccc2OC)cc1. The molecule has 0 fully saturated rings. The number of para-hydroxylation sites is 2. The minimum atomic E-state index is -4.24. The molecule has 2 amide bonds. The monoisotopic (exact) mass is 581 g/mol. The van der Waals surface area contributed by atoms with E-state index in [-0.39, 0.29) is 34.7 Å². The maximum Gasteiger partial charge on any atom is 0.264 e. The van der Waals surface area contributed by atoms with E-state index < -0.39 is 28.5 Å². The van der Waals surface area contributed by atoms with E-state index in [1.807, 2.05) is 45.0 Å². The Morgan fingerprint density at radius 3 is 2.10 bits per heavy atom. The molecule has 0 bridgehead atoms. The number of methoxy groups -OCH3 is 2. The molecule has 0 aliphatic rings. The first-order valence-electron chi connectivity index (χ1n) is 13.4. The van der Waals surface area contributed by atoms with E-state index in [9.17, 15) is 18.0 Å². The van der Waals surface area contributed by atoms with Gasteiger partial charge in [-0.1, -0.05) is 55.8 Å². The van der Waals surface area contributed by atoms with Crippen LogP contribution in [-0.4, -0.2) is 58.5 Å². The van der Waals surface area contributed by atoms with Gasteiger partial charge in [0.25, 0.3) is 10.0 Å². The number of anilines is 1. The average molecular weight is 582 g/mol. The third-order valence-electron chi connectivity index (χ3n) is 6.61. The third-order valence-corrected chi connectivity index (χ3v) is 8.38. The molecule has 1 atom stereocenters.